The molecule has 1 N–H and O–H groups in total. The summed E-state index contributed by atoms with van der Waals surface area (Å²) in [4.78, 5) is 5.48. The third kappa shape index (κ3) is 3.16. The summed E-state index contributed by atoms with van der Waals surface area (Å²) in [6, 6.07) is 2.21. The molecule has 0 aliphatic carbocycles. The average Bonchev–Trinajstić information content (AvgIpc) is 2.89. The minimum Gasteiger partial charge on any atom is -0.305 e. The molecule has 5 heteroatoms. The van der Waals surface area contributed by atoms with Crippen molar-refractivity contribution in [3.05, 3.63) is 40.2 Å². The van der Waals surface area contributed by atoms with Crippen molar-refractivity contribution in [2.45, 2.75) is 39.7 Å². The van der Waals surface area contributed by atoms with Crippen molar-refractivity contribution >= 4 is 11.5 Å². The zero-order valence-electron chi connectivity index (χ0n) is 11.7. The van der Waals surface area contributed by atoms with Gasteiger partial charge < -0.3 is 5.32 Å². The second-order valence-corrected chi connectivity index (χ2v) is 5.34. The van der Waals surface area contributed by atoms with Crippen molar-refractivity contribution in [2.24, 2.45) is 0 Å². The van der Waals surface area contributed by atoms with Gasteiger partial charge >= 0.3 is 0 Å². The van der Waals surface area contributed by atoms with E-state index < -0.39 is 0 Å². The highest BCUT2D eigenvalue weighted by Gasteiger charge is 2.21. The zero-order chi connectivity index (χ0) is 13.7. The zero-order valence-corrected chi connectivity index (χ0v) is 12.5. The van der Waals surface area contributed by atoms with Gasteiger partial charge in [0.05, 0.1) is 16.6 Å². The Labute approximate surface area is 118 Å². The average molecular weight is 276 g/mol. The molecule has 1 atom stereocenters. The first-order valence-corrected chi connectivity index (χ1v) is 7.50. The number of nitrogens with one attached hydrogen (secondary N) is 1. The first-order valence-electron chi connectivity index (χ1n) is 6.72. The number of pyridine rings is 1. The molecule has 4 nitrogen and oxygen atoms in total. The highest BCUT2D eigenvalue weighted by atomic mass is 32.1. The second kappa shape index (κ2) is 6.73. The Balaban J connectivity index is 2.39. The van der Waals surface area contributed by atoms with Gasteiger partial charge in [-0.05, 0) is 55.0 Å². The fraction of sp³-hybridized carbons (Fsp3) is 0.500. The molecule has 0 aromatic carbocycles. The topological polar surface area (TPSA) is 50.7 Å². The lowest BCUT2D eigenvalue weighted by Gasteiger charge is -2.19. The van der Waals surface area contributed by atoms with Crippen LogP contribution in [0.4, 0.5) is 0 Å². The van der Waals surface area contributed by atoms with E-state index in [2.05, 4.69) is 46.7 Å². The van der Waals surface area contributed by atoms with Crippen LogP contribution >= 0.6 is 11.5 Å². The molecule has 102 valence electrons. The highest BCUT2D eigenvalue weighted by molar-refractivity contribution is 7.05. The highest BCUT2D eigenvalue weighted by Crippen LogP contribution is 2.28. The number of aryl methyl sites for hydroxylation is 2. The molecule has 0 fully saturated rings. The van der Waals surface area contributed by atoms with Gasteiger partial charge in [-0.25, -0.2) is 0 Å². The van der Waals surface area contributed by atoms with Gasteiger partial charge in [0.2, 0.25) is 0 Å². The summed E-state index contributed by atoms with van der Waals surface area (Å²) < 4.78 is 4.11. The van der Waals surface area contributed by atoms with E-state index in [0.717, 1.165) is 25.1 Å². The van der Waals surface area contributed by atoms with Crippen molar-refractivity contribution in [3.63, 3.8) is 0 Å². The van der Waals surface area contributed by atoms with E-state index in [-0.39, 0.29) is 6.04 Å². The minimum absolute atomic E-state index is 0.156. The van der Waals surface area contributed by atoms with Gasteiger partial charge in [-0.3, -0.25) is 4.98 Å². The van der Waals surface area contributed by atoms with Gasteiger partial charge in [-0.1, -0.05) is 18.3 Å². The molecule has 2 aromatic heterocycles. The molecule has 0 aliphatic rings. The lowest BCUT2D eigenvalue weighted by atomic mass is 10.0. The lowest BCUT2D eigenvalue weighted by Crippen LogP contribution is -2.24. The maximum absolute atomic E-state index is 4.26. The third-order valence-electron chi connectivity index (χ3n) is 3.17. The Kier molecular flexibility index (Phi) is 4.99. The van der Waals surface area contributed by atoms with Gasteiger partial charge in [0, 0.05) is 12.4 Å². The van der Waals surface area contributed by atoms with Crippen LogP contribution in [0.5, 0.6) is 0 Å². The van der Waals surface area contributed by atoms with E-state index in [1.807, 2.05) is 12.4 Å². The Morgan fingerprint density at radius 1 is 1.37 bits per heavy atom. The normalized spacial score (nSPS) is 12.6. The molecule has 19 heavy (non-hydrogen) atoms. The largest absolute Gasteiger partial charge is 0.305 e. The van der Waals surface area contributed by atoms with Crippen LogP contribution in [0.15, 0.2) is 18.5 Å². The summed E-state index contributed by atoms with van der Waals surface area (Å²) in [5.41, 5.74) is 3.55. The maximum atomic E-state index is 4.26. The summed E-state index contributed by atoms with van der Waals surface area (Å²) in [6.45, 7) is 7.39. The van der Waals surface area contributed by atoms with Crippen LogP contribution in [0.2, 0.25) is 0 Å². The van der Waals surface area contributed by atoms with Crippen molar-refractivity contribution in [3.8, 4) is 0 Å². The number of nitrogens with zero attached hydrogens (tertiary/aromatic N) is 3. The standard InChI is InChI=1S/C14H20N4S/c1-4-7-16-13(11-9-15-8-6-10(11)3)14-12(5-2)17-18-19-14/h6,8-9,13,16H,4-5,7H2,1-3H3. The first-order chi connectivity index (χ1) is 9.27. The summed E-state index contributed by atoms with van der Waals surface area (Å²) in [6.07, 6.45) is 5.79. The van der Waals surface area contributed by atoms with Crippen LogP contribution in [-0.2, 0) is 6.42 Å². The van der Waals surface area contributed by atoms with Gasteiger partial charge in [0.25, 0.3) is 0 Å². The molecular formula is C14H20N4S. The predicted molar refractivity (Wildman–Crippen MR) is 78.4 cm³/mol. The summed E-state index contributed by atoms with van der Waals surface area (Å²) >= 11 is 1.48. The van der Waals surface area contributed by atoms with Crippen LogP contribution in [0.1, 0.15) is 48.0 Å². The first kappa shape index (κ1) is 14.1. The third-order valence-corrected chi connectivity index (χ3v) is 4.00. The van der Waals surface area contributed by atoms with Crippen LogP contribution in [0.3, 0.4) is 0 Å². The number of hydrogen-bond acceptors (Lipinski definition) is 5. The van der Waals surface area contributed by atoms with Crippen molar-refractivity contribution in [1.29, 1.82) is 0 Å². The molecule has 0 spiro atoms. The van der Waals surface area contributed by atoms with E-state index in [1.54, 1.807) is 0 Å². The number of aromatic nitrogens is 3. The molecule has 0 bridgehead atoms. The molecule has 0 saturated heterocycles. The van der Waals surface area contributed by atoms with Gasteiger partial charge in [-0.15, -0.1) is 5.10 Å². The van der Waals surface area contributed by atoms with Crippen molar-refractivity contribution < 1.29 is 0 Å². The monoisotopic (exact) mass is 276 g/mol. The second-order valence-electron chi connectivity index (χ2n) is 4.56. The van der Waals surface area contributed by atoms with E-state index in [1.165, 1.54) is 27.5 Å². The predicted octanol–water partition coefficient (Wildman–Crippen LogP) is 2.89. The van der Waals surface area contributed by atoms with E-state index >= 15 is 0 Å². The molecule has 0 radical (unpaired) electrons. The summed E-state index contributed by atoms with van der Waals surface area (Å²) in [7, 11) is 0. The molecule has 0 saturated carbocycles. The molecule has 0 amide bonds. The number of hydrogen-bond donors (Lipinski definition) is 1. The van der Waals surface area contributed by atoms with E-state index in [9.17, 15) is 0 Å². The SMILES string of the molecule is CCCNC(c1cnccc1C)c1snnc1CC. The van der Waals surface area contributed by atoms with Crippen molar-refractivity contribution in [2.75, 3.05) is 6.54 Å². The summed E-state index contributed by atoms with van der Waals surface area (Å²) in [5.74, 6) is 0. The Bertz CT molecular complexity index is 524. The Hall–Kier alpha value is -1.33. The van der Waals surface area contributed by atoms with E-state index in [0.29, 0.717) is 0 Å². The minimum atomic E-state index is 0.156. The van der Waals surface area contributed by atoms with Gasteiger partial charge in [0.15, 0.2) is 0 Å². The fourth-order valence-electron chi connectivity index (χ4n) is 2.09. The van der Waals surface area contributed by atoms with E-state index in [4.69, 9.17) is 0 Å². The molecule has 1 unspecified atom stereocenters. The fourth-order valence-corrected chi connectivity index (χ4v) is 2.92. The smallest absolute Gasteiger partial charge is 0.0804 e. The molecular weight excluding hydrogens is 256 g/mol. The Morgan fingerprint density at radius 3 is 2.89 bits per heavy atom. The Morgan fingerprint density at radius 2 is 2.21 bits per heavy atom. The molecule has 2 heterocycles. The van der Waals surface area contributed by atoms with Crippen LogP contribution in [0.25, 0.3) is 0 Å². The van der Waals surface area contributed by atoms with Crippen LogP contribution < -0.4 is 5.32 Å². The van der Waals surface area contributed by atoms with Crippen LogP contribution in [-0.4, -0.2) is 21.1 Å². The van der Waals surface area contributed by atoms with Crippen molar-refractivity contribution in [1.82, 2.24) is 19.9 Å². The molecule has 2 rings (SSSR count). The lowest BCUT2D eigenvalue weighted by molar-refractivity contribution is 0.597. The molecule has 2 aromatic rings. The quantitative estimate of drug-likeness (QED) is 0.881. The van der Waals surface area contributed by atoms with Gasteiger partial charge in [-0.2, -0.15) is 0 Å². The van der Waals surface area contributed by atoms with Crippen LogP contribution in [0, 0.1) is 6.92 Å². The maximum Gasteiger partial charge on any atom is 0.0804 e. The summed E-state index contributed by atoms with van der Waals surface area (Å²) in [5, 5.41) is 7.82. The number of rotatable bonds is 6. The van der Waals surface area contributed by atoms with Gasteiger partial charge in [0.1, 0.15) is 0 Å². The molecule has 0 aliphatic heterocycles.